The third kappa shape index (κ3) is 5.25. The van der Waals surface area contributed by atoms with E-state index < -0.39 is 0 Å². The summed E-state index contributed by atoms with van der Waals surface area (Å²) in [6, 6.07) is 0. The molecule has 4 heterocycles. The van der Waals surface area contributed by atoms with E-state index in [0.717, 1.165) is 73.7 Å². The number of thioether (sulfide) groups is 1. The molecule has 30 heavy (non-hydrogen) atoms. The van der Waals surface area contributed by atoms with Crippen molar-refractivity contribution in [2.45, 2.75) is 32.3 Å². The summed E-state index contributed by atoms with van der Waals surface area (Å²) < 4.78 is 5.96. The summed E-state index contributed by atoms with van der Waals surface area (Å²) in [5.74, 6) is 3.16. The summed E-state index contributed by atoms with van der Waals surface area (Å²) in [4.78, 5) is 27.8. The van der Waals surface area contributed by atoms with E-state index in [9.17, 15) is 4.79 Å². The normalized spacial score (nSPS) is 18.8. The Labute approximate surface area is 186 Å². The first-order valence-electron chi connectivity index (χ1n) is 10.8. The summed E-state index contributed by atoms with van der Waals surface area (Å²) in [6.45, 7) is 7.47. The number of nitrogens with zero attached hydrogens (tertiary/aromatic N) is 4. The van der Waals surface area contributed by atoms with Crippen molar-refractivity contribution in [2.24, 2.45) is 0 Å². The van der Waals surface area contributed by atoms with Gasteiger partial charge < -0.3 is 19.9 Å². The standard InChI is InChI=1S/C21H31N5O2S2/c1-15-18-17(14-30-15)23-19(24-20(18)26-9-12-29-13-10-26)21(27)22-6-3-11-28-16-4-7-25(2)8-5-16/h14,16H,3-13H2,1-2H3,(H,22,27). The van der Waals surface area contributed by atoms with Gasteiger partial charge >= 0.3 is 0 Å². The summed E-state index contributed by atoms with van der Waals surface area (Å²) in [5, 5.41) is 6.10. The van der Waals surface area contributed by atoms with Crippen molar-refractivity contribution in [3.8, 4) is 0 Å². The molecule has 4 rings (SSSR count). The van der Waals surface area contributed by atoms with Crippen LogP contribution in [0.15, 0.2) is 5.38 Å². The highest BCUT2D eigenvalue weighted by atomic mass is 32.2. The van der Waals surface area contributed by atoms with Crippen LogP contribution in [0.25, 0.3) is 10.9 Å². The first-order chi connectivity index (χ1) is 14.6. The zero-order valence-corrected chi connectivity index (χ0v) is 19.5. The van der Waals surface area contributed by atoms with E-state index in [0.29, 0.717) is 19.3 Å². The number of aryl methyl sites for hydroxylation is 1. The van der Waals surface area contributed by atoms with E-state index in [1.165, 1.54) is 4.88 Å². The molecule has 2 aliphatic rings. The number of thiophene rings is 1. The molecule has 2 aliphatic heterocycles. The van der Waals surface area contributed by atoms with Gasteiger partial charge in [0.15, 0.2) is 0 Å². The Hall–Kier alpha value is -1.42. The molecule has 0 aliphatic carbocycles. The van der Waals surface area contributed by atoms with E-state index in [2.05, 4.69) is 34.1 Å². The Morgan fingerprint density at radius 3 is 2.77 bits per heavy atom. The number of piperidine rings is 1. The molecule has 2 aromatic rings. The van der Waals surface area contributed by atoms with Gasteiger partial charge in [-0.15, -0.1) is 11.3 Å². The van der Waals surface area contributed by atoms with Crippen molar-refractivity contribution < 1.29 is 9.53 Å². The van der Waals surface area contributed by atoms with Crippen LogP contribution < -0.4 is 10.2 Å². The molecule has 0 atom stereocenters. The molecule has 0 spiro atoms. The Bertz CT molecular complexity index is 860. The fourth-order valence-electron chi connectivity index (χ4n) is 3.95. The number of aromatic nitrogens is 2. The predicted molar refractivity (Wildman–Crippen MR) is 125 cm³/mol. The maximum absolute atomic E-state index is 12.7. The van der Waals surface area contributed by atoms with E-state index in [-0.39, 0.29) is 11.7 Å². The number of anilines is 1. The topological polar surface area (TPSA) is 70.6 Å². The molecular formula is C21H31N5O2S2. The largest absolute Gasteiger partial charge is 0.378 e. The first-order valence-corrected chi connectivity index (χ1v) is 12.8. The molecular weight excluding hydrogens is 418 g/mol. The van der Waals surface area contributed by atoms with Gasteiger partial charge in [-0.3, -0.25) is 4.79 Å². The Kier molecular flexibility index (Phi) is 7.45. The van der Waals surface area contributed by atoms with Crippen molar-refractivity contribution in [3.05, 3.63) is 16.1 Å². The van der Waals surface area contributed by atoms with Crippen LogP contribution in [0.4, 0.5) is 5.82 Å². The molecule has 2 saturated heterocycles. The lowest BCUT2D eigenvalue weighted by Gasteiger charge is -2.28. The number of likely N-dealkylation sites (tertiary alicyclic amines) is 1. The zero-order chi connectivity index (χ0) is 20.9. The number of carbonyl (C=O) groups is 1. The lowest BCUT2D eigenvalue weighted by Crippen LogP contribution is -2.35. The van der Waals surface area contributed by atoms with Gasteiger partial charge in [0.05, 0.1) is 17.0 Å². The first kappa shape index (κ1) is 21.8. The fraction of sp³-hybridized carbons (Fsp3) is 0.667. The number of amides is 1. The van der Waals surface area contributed by atoms with Gasteiger partial charge in [0, 0.05) is 61.1 Å². The maximum atomic E-state index is 12.7. The summed E-state index contributed by atoms with van der Waals surface area (Å²) in [6.07, 6.45) is 3.34. The number of hydrogen-bond donors (Lipinski definition) is 1. The lowest BCUT2D eigenvalue weighted by molar-refractivity contribution is 0.0117. The number of fused-ring (bicyclic) bond motifs is 1. The molecule has 0 radical (unpaired) electrons. The quantitative estimate of drug-likeness (QED) is 0.652. The van der Waals surface area contributed by atoms with Crippen LogP contribution >= 0.6 is 23.1 Å². The molecule has 0 unspecified atom stereocenters. The second-order valence-electron chi connectivity index (χ2n) is 8.01. The number of ether oxygens (including phenoxy) is 1. The van der Waals surface area contributed by atoms with Crippen LogP contribution in [-0.2, 0) is 4.74 Å². The van der Waals surface area contributed by atoms with E-state index >= 15 is 0 Å². The molecule has 0 saturated carbocycles. The molecule has 0 aromatic carbocycles. The zero-order valence-electron chi connectivity index (χ0n) is 17.9. The Balaban J connectivity index is 1.34. The second-order valence-corrected chi connectivity index (χ2v) is 10.3. The molecule has 0 bridgehead atoms. The van der Waals surface area contributed by atoms with Gasteiger partial charge in [0.2, 0.25) is 5.82 Å². The van der Waals surface area contributed by atoms with Gasteiger partial charge in [0.1, 0.15) is 5.82 Å². The van der Waals surface area contributed by atoms with Crippen molar-refractivity contribution in [3.63, 3.8) is 0 Å². The third-order valence-electron chi connectivity index (χ3n) is 5.76. The Morgan fingerprint density at radius 1 is 1.23 bits per heavy atom. The average molecular weight is 450 g/mol. The van der Waals surface area contributed by atoms with Crippen molar-refractivity contribution in [1.82, 2.24) is 20.2 Å². The summed E-state index contributed by atoms with van der Waals surface area (Å²) in [5.41, 5.74) is 0.872. The minimum Gasteiger partial charge on any atom is -0.378 e. The highest BCUT2D eigenvalue weighted by molar-refractivity contribution is 7.99. The van der Waals surface area contributed by atoms with Gasteiger partial charge in [-0.1, -0.05) is 0 Å². The van der Waals surface area contributed by atoms with Crippen LogP contribution in [0.3, 0.4) is 0 Å². The van der Waals surface area contributed by atoms with Crippen molar-refractivity contribution in [1.29, 1.82) is 0 Å². The number of hydrogen-bond acceptors (Lipinski definition) is 8. The van der Waals surface area contributed by atoms with Crippen LogP contribution in [0.2, 0.25) is 0 Å². The minimum absolute atomic E-state index is 0.201. The van der Waals surface area contributed by atoms with E-state index in [4.69, 9.17) is 9.72 Å². The van der Waals surface area contributed by atoms with Crippen molar-refractivity contribution >= 4 is 45.7 Å². The number of rotatable bonds is 7. The highest BCUT2D eigenvalue weighted by Gasteiger charge is 2.22. The summed E-state index contributed by atoms with van der Waals surface area (Å²) in [7, 11) is 2.15. The van der Waals surface area contributed by atoms with Gasteiger partial charge in [-0.05, 0) is 33.2 Å². The monoisotopic (exact) mass is 449 g/mol. The van der Waals surface area contributed by atoms with Gasteiger partial charge in [-0.25, -0.2) is 9.97 Å². The molecule has 1 N–H and O–H groups in total. The van der Waals surface area contributed by atoms with Gasteiger partial charge in [-0.2, -0.15) is 11.8 Å². The van der Waals surface area contributed by atoms with E-state index in [1.807, 2.05) is 17.1 Å². The molecule has 7 nitrogen and oxygen atoms in total. The van der Waals surface area contributed by atoms with Gasteiger partial charge in [0.25, 0.3) is 5.91 Å². The molecule has 2 aromatic heterocycles. The number of carbonyl (C=O) groups excluding carboxylic acids is 1. The minimum atomic E-state index is -0.201. The number of nitrogens with one attached hydrogen (secondary N) is 1. The lowest BCUT2D eigenvalue weighted by atomic mass is 10.1. The average Bonchev–Trinajstić information content (AvgIpc) is 3.15. The molecule has 1 amide bonds. The van der Waals surface area contributed by atoms with Crippen LogP contribution in [-0.4, -0.2) is 84.8 Å². The smallest absolute Gasteiger partial charge is 0.289 e. The highest BCUT2D eigenvalue weighted by Crippen LogP contribution is 2.32. The second kappa shape index (κ2) is 10.3. The van der Waals surface area contributed by atoms with E-state index in [1.54, 1.807) is 11.3 Å². The maximum Gasteiger partial charge on any atom is 0.289 e. The molecule has 2 fully saturated rings. The molecule has 9 heteroatoms. The Morgan fingerprint density at radius 2 is 2.00 bits per heavy atom. The van der Waals surface area contributed by atoms with Crippen LogP contribution in [0.5, 0.6) is 0 Å². The van der Waals surface area contributed by atoms with Crippen LogP contribution in [0, 0.1) is 6.92 Å². The molecule has 164 valence electrons. The SMILES string of the molecule is Cc1scc2nc(C(=O)NCCCOC3CCN(C)CC3)nc(N3CCSCC3)c12. The predicted octanol–water partition coefficient (Wildman–Crippen LogP) is 2.78. The third-order valence-corrected chi connectivity index (χ3v) is 7.60. The summed E-state index contributed by atoms with van der Waals surface area (Å²) >= 11 is 3.63. The van der Waals surface area contributed by atoms with Crippen molar-refractivity contribution in [2.75, 3.05) is 62.8 Å². The van der Waals surface area contributed by atoms with Crippen LogP contribution in [0.1, 0.15) is 34.8 Å². The fourth-order valence-corrected chi connectivity index (χ4v) is 5.63.